The highest BCUT2D eigenvalue weighted by molar-refractivity contribution is 7.22. The topological polar surface area (TPSA) is 45.2 Å². The number of anilines is 2. The second-order valence-electron chi connectivity index (χ2n) is 4.49. The van der Waals surface area contributed by atoms with Gasteiger partial charge in [0.05, 0.1) is 10.2 Å². The average molecular weight is 261 g/mol. The molecule has 0 atom stereocenters. The Morgan fingerprint density at radius 1 is 1.50 bits per heavy atom. The minimum atomic E-state index is 0.111. The molecule has 4 nitrogen and oxygen atoms in total. The van der Waals surface area contributed by atoms with Crippen molar-refractivity contribution >= 4 is 38.3 Å². The molecule has 1 N–H and O–H groups in total. The number of aryl methyl sites for hydroxylation is 1. The normalized spacial score (nSPS) is 14.7. The number of fused-ring (bicyclic) bond motifs is 2. The second-order valence-corrected chi connectivity index (χ2v) is 5.52. The average Bonchev–Trinajstić information content (AvgIpc) is 2.76. The smallest absolute Gasteiger partial charge is 0.223 e. The third-order valence-corrected chi connectivity index (χ3v) is 4.34. The molecule has 0 bridgehead atoms. The van der Waals surface area contributed by atoms with Crippen molar-refractivity contribution in [3.8, 4) is 0 Å². The van der Waals surface area contributed by atoms with Gasteiger partial charge in [-0.3, -0.25) is 4.79 Å². The van der Waals surface area contributed by atoms with Crippen molar-refractivity contribution in [1.82, 2.24) is 4.98 Å². The lowest BCUT2D eigenvalue weighted by Gasteiger charge is -2.28. The van der Waals surface area contributed by atoms with Gasteiger partial charge in [-0.05, 0) is 30.5 Å². The fraction of sp³-hybridized carbons (Fsp3) is 0.385. The van der Waals surface area contributed by atoms with E-state index in [1.165, 1.54) is 10.3 Å². The molecule has 0 fully saturated rings. The number of hydrogen-bond acceptors (Lipinski definition) is 4. The van der Waals surface area contributed by atoms with E-state index >= 15 is 0 Å². The fourth-order valence-electron chi connectivity index (χ4n) is 2.44. The first-order valence-corrected chi connectivity index (χ1v) is 6.90. The summed E-state index contributed by atoms with van der Waals surface area (Å²) in [7, 11) is 1.87. The van der Waals surface area contributed by atoms with Crippen molar-refractivity contribution in [3.63, 3.8) is 0 Å². The fourth-order valence-corrected chi connectivity index (χ4v) is 3.30. The van der Waals surface area contributed by atoms with Crippen molar-refractivity contribution in [1.29, 1.82) is 0 Å². The Hall–Kier alpha value is -1.62. The van der Waals surface area contributed by atoms with Crippen molar-refractivity contribution in [2.24, 2.45) is 0 Å². The highest BCUT2D eigenvalue weighted by Crippen LogP contribution is 2.35. The van der Waals surface area contributed by atoms with Gasteiger partial charge in [0.2, 0.25) is 5.91 Å². The number of carbonyl (C=O) groups excluding carboxylic acids is 1. The third-order valence-electron chi connectivity index (χ3n) is 3.30. The number of rotatable bonds is 1. The highest BCUT2D eigenvalue weighted by Gasteiger charge is 2.21. The first-order valence-electron chi connectivity index (χ1n) is 6.08. The van der Waals surface area contributed by atoms with Gasteiger partial charge < -0.3 is 10.2 Å². The van der Waals surface area contributed by atoms with Crippen LogP contribution in [0.5, 0.6) is 0 Å². The first-order chi connectivity index (χ1) is 8.69. The molecule has 0 saturated carbocycles. The van der Waals surface area contributed by atoms with Crippen molar-refractivity contribution in [2.45, 2.75) is 19.8 Å². The maximum atomic E-state index is 11.7. The molecule has 0 saturated heterocycles. The van der Waals surface area contributed by atoms with E-state index in [1.54, 1.807) is 18.3 Å². The van der Waals surface area contributed by atoms with Crippen molar-refractivity contribution in [3.05, 3.63) is 17.7 Å². The molecule has 0 spiro atoms. The lowest BCUT2D eigenvalue weighted by molar-refractivity contribution is -0.116. The molecule has 1 aliphatic rings. The molecule has 0 radical (unpaired) electrons. The van der Waals surface area contributed by atoms with Crippen molar-refractivity contribution in [2.75, 3.05) is 23.8 Å². The van der Waals surface area contributed by atoms with Gasteiger partial charge in [0.1, 0.15) is 0 Å². The Balaban J connectivity index is 2.17. The van der Waals surface area contributed by atoms with Crippen molar-refractivity contribution < 1.29 is 4.79 Å². The maximum Gasteiger partial charge on any atom is 0.223 e. The third kappa shape index (κ3) is 1.75. The summed E-state index contributed by atoms with van der Waals surface area (Å²) >= 11 is 1.65. The predicted octanol–water partition coefficient (Wildman–Crippen LogP) is 2.64. The van der Waals surface area contributed by atoms with Gasteiger partial charge in [-0.2, -0.15) is 0 Å². The number of amides is 1. The Morgan fingerprint density at radius 2 is 2.33 bits per heavy atom. The summed E-state index contributed by atoms with van der Waals surface area (Å²) < 4.78 is 1.18. The van der Waals surface area contributed by atoms with Gasteiger partial charge in [-0.1, -0.05) is 11.3 Å². The van der Waals surface area contributed by atoms with E-state index in [4.69, 9.17) is 0 Å². The zero-order valence-corrected chi connectivity index (χ0v) is 11.3. The number of nitrogens with one attached hydrogen (secondary N) is 1. The Labute approximate surface area is 110 Å². The predicted molar refractivity (Wildman–Crippen MR) is 75.5 cm³/mol. The molecule has 1 aliphatic heterocycles. The quantitative estimate of drug-likeness (QED) is 0.858. The summed E-state index contributed by atoms with van der Waals surface area (Å²) in [5, 5.41) is 3.99. The van der Waals surface area contributed by atoms with E-state index in [0.717, 1.165) is 35.7 Å². The van der Waals surface area contributed by atoms with E-state index in [2.05, 4.69) is 16.4 Å². The summed E-state index contributed by atoms with van der Waals surface area (Å²) in [6.07, 6.45) is 2.08. The van der Waals surface area contributed by atoms with Gasteiger partial charge in [0.15, 0.2) is 5.13 Å². The standard InChI is InChI=1S/C13H15N3OS/c1-8(17)16-5-3-4-9-6-12-10(7-11(9)16)15-13(14-2)18-12/h6-7H,3-5H2,1-2H3,(H,14,15). The van der Waals surface area contributed by atoms with Gasteiger partial charge in [-0.25, -0.2) is 4.98 Å². The lowest BCUT2D eigenvalue weighted by Crippen LogP contribution is -2.33. The minimum Gasteiger partial charge on any atom is -0.365 e. The zero-order valence-electron chi connectivity index (χ0n) is 10.5. The van der Waals surface area contributed by atoms with E-state index in [-0.39, 0.29) is 5.91 Å². The van der Waals surface area contributed by atoms with Crippen LogP contribution in [0, 0.1) is 0 Å². The summed E-state index contributed by atoms with van der Waals surface area (Å²) in [6.45, 7) is 2.44. The minimum absolute atomic E-state index is 0.111. The van der Waals surface area contributed by atoms with Gasteiger partial charge >= 0.3 is 0 Å². The molecular formula is C13H15N3OS. The van der Waals surface area contributed by atoms with Crippen LogP contribution in [0.4, 0.5) is 10.8 Å². The molecule has 1 aromatic carbocycles. The summed E-state index contributed by atoms with van der Waals surface area (Å²) in [5.74, 6) is 0.111. The molecule has 0 aliphatic carbocycles. The molecule has 94 valence electrons. The zero-order chi connectivity index (χ0) is 12.7. The Morgan fingerprint density at radius 3 is 3.06 bits per heavy atom. The van der Waals surface area contributed by atoms with Crippen LogP contribution >= 0.6 is 11.3 Å². The van der Waals surface area contributed by atoms with E-state index in [1.807, 2.05) is 18.0 Å². The molecule has 0 unspecified atom stereocenters. The number of thiazole rings is 1. The van der Waals surface area contributed by atoms with Crippen LogP contribution in [0.15, 0.2) is 12.1 Å². The largest absolute Gasteiger partial charge is 0.365 e. The molecule has 1 aromatic heterocycles. The molecule has 3 rings (SSSR count). The first kappa shape index (κ1) is 11.5. The van der Waals surface area contributed by atoms with Crippen LogP contribution < -0.4 is 10.2 Å². The van der Waals surface area contributed by atoms with Crippen LogP contribution in [0.3, 0.4) is 0 Å². The highest BCUT2D eigenvalue weighted by atomic mass is 32.1. The van der Waals surface area contributed by atoms with Crippen LogP contribution in [0.25, 0.3) is 10.2 Å². The van der Waals surface area contributed by atoms with E-state index < -0.39 is 0 Å². The maximum absolute atomic E-state index is 11.7. The molecule has 5 heteroatoms. The summed E-state index contributed by atoms with van der Waals surface area (Å²) in [6, 6.07) is 4.22. The van der Waals surface area contributed by atoms with Crippen LogP contribution in [-0.2, 0) is 11.2 Å². The van der Waals surface area contributed by atoms with Gasteiger partial charge in [0, 0.05) is 26.2 Å². The Bertz CT molecular complexity index is 620. The number of benzene rings is 1. The SMILES string of the molecule is CNc1nc2cc3c(cc2s1)CCCN3C(C)=O. The molecule has 18 heavy (non-hydrogen) atoms. The number of carbonyl (C=O) groups is 1. The van der Waals surface area contributed by atoms with Crippen LogP contribution in [0.2, 0.25) is 0 Å². The summed E-state index contributed by atoms with van der Waals surface area (Å²) in [5.41, 5.74) is 3.26. The Kier molecular flexibility index (Phi) is 2.70. The van der Waals surface area contributed by atoms with Crippen LogP contribution in [-0.4, -0.2) is 24.5 Å². The van der Waals surface area contributed by atoms with Gasteiger partial charge in [-0.15, -0.1) is 0 Å². The van der Waals surface area contributed by atoms with Crippen LogP contribution in [0.1, 0.15) is 18.9 Å². The number of nitrogens with zero attached hydrogens (tertiary/aromatic N) is 2. The molecule has 1 amide bonds. The van der Waals surface area contributed by atoms with E-state index in [0.29, 0.717) is 0 Å². The number of hydrogen-bond donors (Lipinski definition) is 1. The summed E-state index contributed by atoms with van der Waals surface area (Å²) in [4.78, 5) is 18.0. The second kappa shape index (κ2) is 4.24. The van der Waals surface area contributed by atoms with E-state index in [9.17, 15) is 4.79 Å². The molecule has 2 aromatic rings. The molecular weight excluding hydrogens is 246 g/mol. The monoisotopic (exact) mass is 261 g/mol. The van der Waals surface area contributed by atoms with Gasteiger partial charge in [0.25, 0.3) is 0 Å². The lowest BCUT2D eigenvalue weighted by atomic mass is 10.0. The number of aromatic nitrogens is 1. The molecule has 2 heterocycles.